The highest BCUT2D eigenvalue weighted by molar-refractivity contribution is 5.99. The molecule has 0 aliphatic heterocycles. The van der Waals surface area contributed by atoms with E-state index in [1.54, 1.807) is 44.0 Å². The second-order valence-corrected chi connectivity index (χ2v) is 7.33. The van der Waals surface area contributed by atoms with Crippen molar-refractivity contribution in [3.8, 4) is 17.0 Å². The van der Waals surface area contributed by atoms with E-state index in [-0.39, 0.29) is 6.03 Å². The quantitative estimate of drug-likeness (QED) is 0.388. The lowest BCUT2D eigenvalue weighted by molar-refractivity contribution is 0.262. The molecule has 0 aliphatic rings. The number of amides is 2. The van der Waals surface area contributed by atoms with E-state index in [4.69, 9.17) is 4.74 Å². The van der Waals surface area contributed by atoms with Crippen molar-refractivity contribution in [2.45, 2.75) is 13.8 Å². The summed E-state index contributed by atoms with van der Waals surface area (Å²) in [5, 5.41) is 8.77. The van der Waals surface area contributed by atoms with Gasteiger partial charge in [-0.2, -0.15) is 0 Å². The van der Waals surface area contributed by atoms with E-state index in [1.807, 2.05) is 44.2 Å². The highest BCUT2D eigenvalue weighted by atomic mass is 16.5. The number of carbonyl (C=O) groups is 1. The topological polar surface area (TPSA) is 114 Å². The fraction of sp³-hybridized carbons (Fsp3) is 0.125. The lowest BCUT2D eigenvalue weighted by Gasteiger charge is -2.12. The van der Waals surface area contributed by atoms with E-state index in [0.29, 0.717) is 28.9 Å². The molecule has 9 heteroatoms. The first-order chi connectivity index (χ1) is 16.0. The molecule has 4 aromatic rings. The molecule has 0 spiro atoms. The molecule has 0 aliphatic carbocycles. The highest BCUT2D eigenvalue weighted by Gasteiger charge is 2.09. The Morgan fingerprint density at radius 2 is 1.79 bits per heavy atom. The summed E-state index contributed by atoms with van der Waals surface area (Å²) in [7, 11) is 1.59. The number of ether oxygens (including phenoxy) is 1. The largest absolute Gasteiger partial charge is 0.495 e. The summed E-state index contributed by atoms with van der Waals surface area (Å²) in [5.41, 5.74) is 4.88. The first kappa shape index (κ1) is 21.7. The summed E-state index contributed by atoms with van der Waals surface area (Å²) in [6.45, 7) is 3.89. The molecule has 0 unspecified atom stereocenters. The molecule has 9 nitrogen and oxygen atoms in total. The number of pyridine rings is 2. The standard InChI is InChI=1S/C24H23N7O2/c1-15-6-8-26-22(10-15)31-24(32)28-18-5-4-16(2)21(12-18)30-23-27-9-7-20(29-23)17-11-19(33-3)14-25-13-17/h4-14H,1-3H3,(H,27,29,30)(H2,26,28,31,32). The van der Waals surface area contributed by atoms with E-state index in [2.05, 4.69) is 35.9 Å². The predicted molar refractivity (Wildman–Crippen MR) is 128 cm³/mol. The first-order valence-corrected chi connectivity index (χ1v) is 10.2. The van der Waals surface area contributed by atoms with Crippen LogP contribution in [-0.2, 0) is 0 Å². The van der Waals surface area contributed by atoms with Gasteiger partial charge in [-0.1, -0.05) is 6.07 Å². The lowest BCUT2D eigenvalue weighted by atomic mass is 10.2. The van der Waals surface area contributed by atoms with Gasteiger partial charge in [0.1, 0.15) is 11.6 Å². The number of nitrogens with zero attached hydrogens (tertiary/aromatic N) is 4. The van der Waals surface area contributed by atoms with Crippen molar-refractivity contribution in [2.75, 3.05) is 23.1 Å². The van der Waals surface area contributed by atoms with Crippen LogP contribution in [0.15, 0.2) is 67.3 Å². The van der Waals surface area contributed by atoms with Crippen LogP contribution >= 0.6 is 0 Å². The Morgan fingerprint density at radius 1 is 0.939 bits per heavy atom. The molecule has 166 valence electrons. The second kappa shape index (κ2) is 9.73. The van der Waals surface area contributed by atoms with Gasteiger partial charge in [0.15, 0.2) is 0 Å². The Morgan fingerprint density at radius 3 is 2.61 bits per heavy atom. The molecular formula is C24H23N7O2. The van der Waals surface area contributed by atoms with Crippen molar-refractivity contribution >= 4 is 29.2 Å². The maximum Gasteiger partial charge on any atom is 0.324 e. The van der Waals surface area contributed by atoms with Crippen LogP contribution in [0.5, 0.6) is 5.75 Å². The zero-order chi connectivity index (χ0) is 23.2. The summed E-state index contributed by atoms with van der Waals surface area (Å²) in [6, 6.07) is 12.5. The first-order valence-electron chi connectivity index (χ1n) is 10.2. The SMILES string of the molecule is COc1cncc(-c2ccnc(Nc3cc(NC(=O)Nc4cc(C)ccn4)ccc3C)n2)c1. The third-order valence-corrected chi connectivity index (χ3v) is 4.80. The summed E-state index contributed by atoms with van der Waals surface area (Å²) >= 11 is 0. The van der Waals surface area contributed by atoms with Gasteiger partial charge in [-0.3, -0.25) is 10.3 Å². The number of nitrogens with one attached hydrogen (secondary N) is 3. The van der Waals surface area contributed by atoms with Crippen LogP contribution in [0.4, 0.5) is 27.9 Å². The number of aryl methyl sites for hydroxylation is 2. The van der Waals surface area contributed by atoms with E-state index in [0.717, 1.165) is 22.4 Å². The van der Waals surface area contributed by atoms with Crippen molar-refractivity contribution < 1.29 is 9.53 Å². The highest BCUT2D eigenvalue weighted by Crippen LogP contribution is 2.25. The van der Waals surface area contributed by atoms with Crippen LogP contribution in [0.3, 0.4) is 0 Å². The predicted octanol–water partition coefficient (Wildman–Crippen LogP) is 4.95. The van der Waals surface area contributed by atoms with Gasteiger partial charge in [0.2, 0.25) is 5.95 Å². The van der Waals surface area contributed by atoms with Gasteiger partial charge in [-0.15, -0.1) is 0 Å². The third-order valence-electron chi connectivity index (χ3n) is 4.80. The Labute approximate surface area is 191 Å². The molecule has 33 heavy (non-hydrogen) atoms. The molecule has 0 atom stereocenters. The van der Waals surface area contributed by atoms with E-state index < -0.39 is 0 Å². The van der Waals surface area contributed by atoms with Gasteiger partial charge in [-0.25, -0.2) is 19.7 Å². The summed E-state index contributed by atoms with van der Waals surface area (Å²) in [5.74, 6) is 1.55. The average molecular weight is 441 g/mol. The minimum Gasteiger partial charge on any atom is -0.495 e. The zero-order valence-corrected chi connectivity index (χ0v) is 18.5. The summed E-state index contributed by atoms with van der Waals surface area (Å²) < 4.78 is 5.24. The zero-order valence-electron chi connectivity index (χ0n) is 18.5. The minimum absolute atomic E-state index is 0.383. The number of hydrogen-bond donors (Lipinski definition) is 3. The van der Waals surface area contributed by atoms with Crippen molar-refractivity contribution in [1.29, 1.82) is 0 Å². The number of hydrogen-bond acceptors (Lipinski definition) is 7. The van der Waals surface area contributed by atoms with Crippen LogP contribution < -0.4 is 20.7 Å². The molecule has 0 saturated carbocycles. The van der Waals surface area contributed by atoms with Gasteiger partial charge in [0.25, 0.3) is 0 Å². The number of benzene rings is 1. The average Bonchev–Trinajstić information content (AvgIpc) is 2.81. The van der Waals surface area contributed by atoms with Crippen molar-refractivity contribution in [3.05, 3.63) is 78.4 Å². The Balaban J connectivity index is 1.49. The van der Waals surface area contributed by atoms with E-state index in [9.17, 15) is 4.79 Å². The Bertz CT molecular complexity index is 1290. The lowest BCUT2D eigenvalue weighted by Crippen LogP contribution is -2.20. The number of carbonyl (C=O) groups excluding carboxylic acids is 1. The van der Waals surface area contributed by atoms with Crippen LogP contribution in [0.1, 0.15) is 11.1 Å². The van der Waals surface area contributed by atoms with Gasteiger partial charge >= 0.3 is 6.03 Å². The number of urea groups is 1. The molecule has 2 amide bonds. The Hall–Kier alpha value is -4.53. The molecule has 0 fully saturated rings. The molecule has 3 aromatic heterocycles. The van der Waals surface area contributed by atoms with Gasteiger partial charge < -0.3 is 15.4 Å². The summed E-state index contributed by atoms with van der Waals surface area (Å²) in [6.07, 6.45) is 6.67. The van der Waals surface area contributed by atoms with Crippen molar-refractivity contribution in [3.63, 3.8) is 0 Å². The van der Waals surface area contributed by atoms with Crippen LogP contribution in [0.2, 0.25) is 0 Å². The second-order valence-electron chi connectivity index (χ2n) is 7.33. The van der Waals surface area contributed by atoms with Crippen LogP contribution in [0, 0.1) is 13.8 Å². The van der Waals surface area contributed by atoms with Crippen LogP contribution in [-0.4, -0.2) is 33.1 Å². The number of aromatic nitrogens is 4. The number of methoxy groups -OCH3 is 1. The van der Waals surface area contributed by atoms with Crippen LogP contribution in [0.25, 0.3) is 11.3 Å². The van der Waals surface area contributed by atoms with Crippen molar-refractivity contribution in [1.82, 2.24) is 19.9 Å². The minimum atomic E-state index is -0.383. The molecule has 0 radical (unpaired) electrons. The fourth-order valence-electron chi connectivity index (χ4n) is 3.09. The van der Waals surface area contributed by atoms with Gasteiger partial charge in [0.05, 0.1) is 19.0 Å². The van der Waals surface area contributed by atoms with Crippen molar-refractivity contribution in [2.24, 2.45) is 0 Å². The summed E-state index contributed by atoms with van der Waals surface area (Å²) in [4.78, 5) is 29.6. The smallest absolute Gasteiger partial charge is 0.324 e. The maximum atomic E-state index is 12.4. The van der Waals surface area contributed by atoms with Gasteiger partial charge in [0, 0.05) is 35.5 Å². The van der Waals surface area contributed by atoms with Gasteiger partial charge in [-0.05, 0) is 61.4 Å². The molecule has 0 saturated heterocycles. The third kappa shape index (κ3) is 5.59. The molecule has 3 heterocycles. The molecular weight excluding hydrogens is 418 g/mol. The molecule has 3 N–H and O–H groups in total. The van der Waals surface area contributed by atoms with E-state index >= 15 is 0 Å². The molecule has 4 rings (SSSR count). The van der Waals surface area contributed by atoms with E-state index in [1.165, 1.54) is 0 Å². The number of anilines is 4. The maximum absolute atomic E-state index is 12.4. The molecule has 0 bridgehead atoms. The fourth-order valence-corrected chi connectivity index (χ4v) is 3.09. The molecule has 1 aromatic carbocycles. The normalized spacial score (nSPS) is 10.4. The Kier molecular flexibility index (Phi) is 6.40. The number of rotatable bonds is 6. The monoisotopic (exact) mass is 441 g/mol.